The summed E-state index contributed by atoms with van der Waals surface area (Å²) in [6.07, 6.45) is -0.157. The second-order valence-electron chi connectivity index (χ2n) is 5.45. The quantitative estimate of drug-likeness (QED) is 0.648. The maximum atomic E-state index is 12.6. The van der Waals surface area contributed by atoms with Gasteiger partial charge in [0.05, 0.1) is 0 Å². The molecule has 1 aliphatic rings. The molecule has 1 saturated heterocycles. The number of rotatable bonds is 1. The molecular formula is C10H18BF3KNO2. The average molecular weight is 291 g/mol. The van der Waals surface area contributed by atoms with Crippen LogP contribution in [-0.4, -0.2) is 36.7 Å². The van der Waals surface area contributed by atoms with Crippen LogP contribution in [-0.2, 0) is 4.74 Å². The van der Waals surface area contributed by atoms with Gasteiger partial charge in [-0.3, -0.25) is 0 Å². The van der Waals surface area contributed by atoms with Crippen molar-refractivity contribution in [3.8, 4) is 0 Å². The molecule has 0 aromatic carbocycles. The van der Waals surface area contributed by atoms with Crippen molar-refractivity contribution in [1.82, 2.24) is 4.90 Å². The first kappa shape index (κ1) is 18.8. The van der Waals surface area contributed by atoms with Gasteiger partial charge in [-0.1, -0.05) is 12.2 Å². The van der Waals surface area contributed by atoms with E-state index < -0.39 is 24.5 Å². The summed E-state index contributed by atoms with van der Waals surface area (Å²) < 4.78 is 42.9. The smallest absolute Gasteiger partial charge is 0.449 e. The molecule has 0 N–H and O–H groups in total. The molecule has 0 aliphatic carbocycles. The van der Waals surface area contributed by atoms with Crippen molar-refractivity contribution in [3.63, 3.8) is 0 Å². The zero-order valence-corrected chi connectivity index (χ0v) is 14.5. The maximum absolute atomic E-state index is 12.6. The third kappa shape index (κ3) is 6.27. The van der Waals surface area contributed by atoms with Gasteiger partial charge >= 0.3 is 64.5 Å². The Kier molecular flexibility index (Phi) is 7.26. The summed E-state index contributed by atoms with van der Waals surface area (Å²) in [5, 5.41) is 0. The molecule has 1 heterocycles. The Hall–Kier alpha value is 0.761. The number of piperidine rings is 1. The fraction of sp³-hybridized carbons (Fsp3) is 0.900. The van der Waals surface area contributed by atoms with Gasteiger partial charge in [-0.05, 0) is 27.2 Å². The number of hydrogen-bond donors (Lipinski definition) is 0. The average Bonchev–Trinajstić information content (AvgIpc) is 2.14. The molecule has 0 aromatic rings. The van der Waals surface area contributed by atoms with Gasteiger partial charge in [0, 0.05) is 13.1 Å². The van der Waals surface area contributed by atoms with Crippen molar-refractivity contribution in [2.24, 2.45) is 0 Å². The van der Waals surface area contributed by atoms with Crippen LogP contribution in [0.3, 0.4) is 0 Å². The molecule has 100 valence electrons. The van der Waals surface area contributed by atoms with E-state index in [4.69, 9.17) is 4.74 Å². The van der Waals surface area contributed by atoms with Gasteiger partial charge in [-0.2, -0.15) is 0 Å². The van der Waals surface area contributed by atoms with E-state index in [0.29, 0.717) is 13.0 Å². The SMILES string of the molecule is CC(C)(C)OC(=O)N1CCCC([B-](F)(F)F)C1.[K+]. The number of carbonyl (C=O) groups excluding carboxylic acids is 1. The normalized spacial score (nSPS) is 21.2. The number of nitrogens with zero attached hydrogens (tertiary/aromatic N) is 1. The summed E-state index contributed by atoms with van der Waals surface area (Å²) in [4.78, 5) is 12.8. The van der Waals surface area contributed by atoms with Gasteiger partial charge in [0.1, 0.15) is 5.60 Å². The Labute approximate surface area is 148 Å². The van der Waals surface area contributed by atoms with Gasteiger partial charge in [-0.15, -0.1) is 0 Å². The first-order valence-corrected chi connectivity index (χ1v) is 5.77. The molecule has 3 nitrogen and oxygen atoms in total. The van der Waals surface area contributed by atoms with E-state index in [1.54, 1.807) is 20.8 Å². The standard InChI is InChI=1S/C10H18BF3NO2.K/c1-10(2,3)17-9(16)15-6-4-5-8(7-15)11(12,13)14;/h8H,4-7H2,1-3H3;/q-1;+1. The van der Waals surface area contributed by atoms with Crippen molar-refractivity contribution in [2.45, 2.75) is 45.0 Å². The van der Waals surface area contributed by atoms with Crippen LogP contribution in [0.1, 0.15) is 33.6 Å². The van der Waals surface area contributed by atoms with E-state index in [9.17, 15) is 17.7 Å². The zero-order chi connectivity index (χ0) is 13.3. The number of carbonyl (C=O) groups is 1. The van der Waals surface area contributed by atoms with Crippen LogP contribution in [0.5, 0.6) is 0 Å². The molecule has 1 fully saturated rings. The molecule has 0 spiro atoms. The van der Waals surface area contributed by atoms with Crippen LogP contribution in [0.15, 0.2) is 0 Å². The minimum atomic E-state index is -4.87. The van der Waals surface area contributed by atoms with Gasteiger partial charge in [0.25, 0.3) is 0 Å². The summed E-state index contributed by atoms with van der Waals surface area (Å²) in [7, 11) is 0. The second-order valence-corrected chi connectivity index (χ2v) is 5.45. The Morgan fingerprint density at radius 3 is 2.33 bits per heavy atom. The molecule has 0 bridgehead atoms. The maximum Gasteiger partial charge on any atom is 1.00 e. The van der Waals surface area contributed by atoms with E-state index in [2.05, 4.69) is 0 Å². The molecule has 18 heavy (non-hydrogen) atoms. The van der Waals surface area contributed by atoms with Crippen LogP contribution in [0.25, 0.3) is 0 Å². The Balaban J connectivity index is 0.00000289. The molecule has 1 unspecified atom stereocenters. The van der Waals surface area contributed by atoms with E-state index >= 15 is 0 Å². The monoisotopic (exact) mass is 291 g/mol. The van der Waals surface area contributed by atoms with E-state index in [1.807, 2.05) is 0 Å². The van der Waals surface area contributed by atoms with Crippen molar-refractivity contribution in [2.75, 3.05) is 13.1 Å². The molecule has 1 rings (SSSR count). The fourth-order valence-electron chi connectivity index (χ4n) is 1.81. The Bertz CT molecular complexity index is 294. The van der Waals surface area contributed by atoms with Crippen LogP contribution >= 0.6 is 0 Å². The molecule has 0 aromatic heterocycles. The third-order valence-electron chi connectivity index (χ3n) is 2.64. The van der Waals surface area contributed by atoms with Crippen molar-refractivity contribution >= 4 is 13.1 Å². The van der Waals surface area contributed by atoms with Gasteiger partial charge < -0.3 is 22.6 Å². The fourth-order valence-corrected chi connectivity index (χ4v) is 1.81. The summed E-state index contributed by atoms with van der Waals surface area (Å²) in [6, 6.07) is 0. The topological polar surface area (TPSA) is 29.5 Å². The summed E-state index contributed by atoms with van der Waals surface area (Å²) in [6.45, 7) is 0.290. The second kappa shape index (κ2) is 6.97. The van der Waals surface area contributed by atoms with Crippen molar-refractivity contribution < 1.29 is 73.9 Å². The predicted molar refractivity (Wildman–Crippen MR) is 59.9 cm³/mol. The molecule has 0 radical (unpaired) electrons. The summed E-state index contributed by atoms with van der Waals surface area (Å²) in [5.74, 6) is -1.36. The molecule has 1 aliphatic heterocycles. The summed E-state index contributed by atoms with van der Waals surface area (Å²) in [5.41, 5.74) is -0.673. The van der Waals surface area contributed by atoms with E-state index in [1.165, 1.54) is 0 Å². The molecule has 1 amide bonds. The minimum Gasteiger partial charge on any atom is -0.449 e. The third-order valence-corrected chi connectivity index (χ3v) is 2.64. The number of likely N-dealkylation sites (tertiary alicyclic amines) is 1. The molecule has 0 saturated carbocycles. The number of amides is 1. The van der Waals surface area contributed by atoms with Crippen molar-refractivity contribution in [1.29, 1.82) is 0 Å². The zero-order valence-electron chi connectivity index (χ0n) is 11.4. The van der Waals surface area contributed by atoms with Crippen LogP contribution < -0.4 is 51.4 Å². The first-order valence-electron chi connectivity index (χ1n) is 5.77. The number of halogens is 3. The van der Waals surface area contributed by atoms with Crippen molar-refractivity contribution in [3.05, 3.63) is 0 Å². The largest absolute Gasteiger partial charge is 1.00 e. The first-order chi connectivity index (χ1) is 7.59. The van der Waals surface area contributed by atoms with Gasteiger partial charge in [0.15, 0.2) is 0 Å². The number of hydrogen-bond acceptors (Lipinski definition) is 2. The predicted octanol–water partition coefficient (Wildman–Crippen LogP) is 0.239. The van der Waals surface area contributed by atoms with Gasteiger partial charge in [-0.25, -0.2) is 4.79 Å². The van der Waals surface area contributed by atoms with Gasteiger partial charge in [0.2, 0.25) is 0 Å². The number of ether oxygens (including phenoxy) is 1. The van der Waals surface area contributed by atoms with E-state index in [-0.39, 0.29) is 64.4 Å². The van der Waals surface area contributed by atoms with Crippen LogP contribution in [0, 0.1) is 0 Å². The van der Waals surface area contributed by atoms with E-state index in [0.717, 1.165) is 4.90 Å². The molecule has 8 heteroatoms. The van der Waals surface area contributed by atoms with Crippen LogP contribution in [0.2, 0.25) is 5.82 Å². The minimum absolute atomic E-state index is 0. The Morgan fingerprint density at radius 2 is 1.89 bits per heavy atom. The molecular weight excluding hydrogens is 273 g/mol. The van der Waals surface area contributed by atoms with Crippen LogP contribution in [0.4, 0.5) is 17.7 Å². The Morgan fingerprint density at radius 1 is 1.33 bits per heavy atom. The molecule has 1 atom stereocenters. The summed E-state index contributed by atoms with van der Waals surface area (Å²) >= 11 is 0.